The van der Waals surface area contributed by atoms with Crippen molar-refractivity contribution >= 4 is 0 Å². The second-order valence-electron chi connectivity index (χ2n) is 3.83. The molecule has 0 radical (unpaired) electrons. The van der Waals surface area contributed by atoms with Crippen molar-refractivity contribution in [2.45, 2.75) is 13.2 Å². The van der Waals surface area contributed by atoms with Crippen LogP contribution in [0.5, 0.6) is 5.75 Å². The zero-order valence-electron chi connectivity index (χ0n) is 9.08. The Balaban J connectivity index is 2.09. The molecule has 0 spiro atoms. The number of benzene rings is 1. The Morgan fingerprint density at radius 1 is 1.44 bits per heavy atom. The number of nitrogens with zero attached hydrogens (tertiary/aromatic N) is 1. The fourth-order valence-corrected chi connectivity index (χ4v) is 1.98. The maximum Gasteiger partial charge on any atom is 0.130 e. The zero-order valence-corrected chi connectivity index (χ0v) is 9.08. The highest BCUT2D eigenvalue weighted by molar-refractivity contribution is 5.70. The third-order valence-corrected chi connectivity index (χ3v) is 2.69. The van der Waals surface area contributed by atoms with E-state index in [0.717, 1.165) is 35.1 Å². The third kappa shape index (κ3) is 1.39. The molecule has 0 fully saturated rings. The number of rotatable bonds is 2. The summed E-state index contributed by atoms with van der Waals surface area (Å²) in [7, 11) is 1.91. The molecule has 4 heteroatoms. The quantitative estimate of drug-likeness (QED) is 0.801. The van der Waals surface area contributed by atoms with Gasteiger partial charge in [-0.1, -0.05) is 12.1 Å². The van der Waals surface area contributed by atoms with E-state index in [1.807, 2.05) is 31.3 Å². The molecule has 0 amide bonds. The molecule has 2 heterocycles. The zero-order chi connectivity index (χ0) is 11.0. The summed E-state index contributed by atoms with van der Waals surface area (Å²) in [5.74, 6) is 1.87. The maximum atomic E-state index is 5.65. The Labute approximate surface area is 93.7 Å². The van der Waals surface area contributed by atoms with Crippen LogP contribution in [0.15, 0.2) is 24.3 Å². The molecule has 0 saturated carbocycles. The number of hydrogen-bond acceptors (Lipinski definition) is 3. The Morgan fingerprint density at radius 2 is 2.31 bits per heavy atom. The smallest absolute Gasteiger partial charge is 0.130 e. The topological polar surface area (TPSA) is 49.9 Å². The molecular weight excluding hydrogens is 202 g/mol. The summed E-state index contributed by atoms with van der Waals surface area (Å²) >= 11 is 0. The standard InChI is InChI=1S/C12H13N3O/c1-13-6-11-14-9-7-16-10-5-3-2-4-8(10)12(9)15-11/h2-5,13H,6-7H2,1H3,(H,14,15). The second-order valence-corrected chi connectivity index (χ2v) is 3.83. The summed E-state index contributed by atoms with van der Waals surface area (Å²) in [6.07, 6.45) is 0. The lowest BCUT2D eigenvalue weighted by Crippen LogP contribution is -2.06. The molecule has 1 aliphatic heterocycles. The molecule has 4 nitrogen and oxygen atoms in total. The van der Waals surface area contributed by atoms with Gasteiger partial charge in [-0.3, -0.25) is 0 Å². The number of para-hydroxylation sites is 1. The van der Waals surface area contributed by atoms with Crippen molar-refractivity contribution in [3.8, 4) is 17.0 Å². The van der Waals surface area contributed by atoms with Crippen molar-refractivity contribution in [3.05, 3.63) is 35.8 Å². The Bertz CT molecular complexity index is 519. The summed E-state index contributed by atoms with van der Waals surface area (Å²) in [4.78, 5) is 7.86. The highest BCUT2D eigenvalue weighted by atomic mass is 16.5. The predicted molar refractivity (Wildman–Crippen MR) is 61.1 cm³/mol. The Kier molecular flexibility index (Phi) is 2.15. The number of hydrogen-bond donors (Lipinski definition) is 2. The van der Waals surface area contributed by atoms with E-state index < -0.39 is 0 Å². The van der Waals surface area contributed by atoms with Crippen LogP contribution < -0.4 is 10.1 Å². The highest BCUT2D eigenvalue weighted by Gasteiger charge is 2.20. The molecule has 0 atom stereocenters. The van der Waals surface area contributed by atoms with Crippen molar-refractivity contribution < 1.29 is 4.74 Å². The fraction of sp³-hybridized carbons (Fsp3) is 0.250. The molecule has 1 aromatic heterocycles. The Hall–Kier alpha value is -1.81. The van der Waals surface area contributed by atoms with Gasteiger partial charge >= 0.3 is 0 Å². The van der Waals surface area contributed by atoms with Crippen molar-refractivity contribution in [2.24, 2.45) is 0 Å². The van der Waals surface area contributed by atoms with Crippen LogP contribution >= 0.6 is 0 Å². The molecule has 3 rings (SSSR count). The van der Waals surface area contributed by atoms with Crippen LogP contribution in [0, 0.1) is 0 Å². The molecule has 2 aromatic rings. The van der Waals surface area contributed by atoms with Gasteiger partial charge in [0, 0.05) is 5.56 Å². The van der Waals surface area contributed by atoms with Gasteiger partial charge in [-0.25, -0.2) is 4.98 Å². The monoisotopic (exact) mass is 215 g/mol. The first-order valence-electron chi connectivity index (χ1n) is 5.33. The van der Waals surface area contributed by atoms with Crippen LogP contribution in [0.25, 0.3) is 11.3 Å². The van der Waals surface area contributed by atoms with E-state index >= 15 is 0 Å². The summed E-state index contributed by atoms with van der Waals surface area (Å²) < 4.78 is 5.65. The molecule has 2 N–H and O–H groups in total. The van der Waals surface area contributed by atoms with Crippen LogP contribution in [0.4, 0.5) is 0 Å². The summed E-state index contributed by atoms with van der Waals surface area (Å²) in [6, 6.07) is 8.00. The lowest BCUT2D eigenvalue weighted by molar-refractivity contribution is 0.297. The average molecular weight is 215 g/mol. The van der Waals surface area contributed by atoms with E-state index in [1.54, 1.807) is 0 Å². The molecular formula is C12H13N3O. The molecule has 1 aliphatic rings. The van der Waals surface area contributed by atoms with Gasteiger partial charge in [-0.15, -0.1) is 0 Å². The van der Waals surface area contributed by atoms with Crippen molar-refractivity contribution in [1.29, 1.82) is 0 Å². The lowest BCUT2D eigenvalue weighted by Gasteiger charge is -2.15. The van der Waals surface area contributed by atoms with Gasteiger partial charge in [0.05, 0.1) is 17.9 Å². The normalized spacial score (nSPS) is 12.8. The van der Waals surface area contributed by atoms with Gasteiger partial charge < -0.3 is 15.0 Å². The first-order chi connectivity index (χ1) is 7.88. The summed E-state index contributed by atoms with van der Waals surface area (Å²) in [6.45, 7) is 1.32. The lowest BCUT2D eigenvalue weighted by atomic mass is 10.1. The van der Waals surface area contributed by atoms with Gasteiger partial charge in [-0.05, 0) is 19.2 Å². The summed E-state index contributed by atoms with van der Waals surface area (Å²) in [5, 5.41) is 3.08. The van der Waals surface area contributed by atoms with Gasteiger partial charge in [-0.2, -0.15) is 0 Å². The first kappa shape index (κ1) is 9.42. The number of H-pyrrole nitrogens is 1. The van der Waals surface area contributed by atoms with Gasteiger partial charge in [0.1, 0.15) is 18.2 Å². The molecule has 0 unspecified atom stereocenters. The molecule has 16 heavy (non-hydrogen) atoms. The number of nitrogens with one attached hydrogen (secondary N) is 2. The molecule has 0 bridgehead atoms. The number of aromatic amines is 1. The van der Waals surface area contributed by atoms with Crippen LogP contribution in [0.2, 0.25) is 0 Å². The van der Waals surface area contributed by atoms with Gasteiger partial charge in [0.15, 0.2) is 0 Å². The van der Waals surface area contributed by atoms with Gasteiger partial charge in [0.25, 0.3) is 0 Å². The van der Waals surface area contributed by atoms with Crippen LogP contribution in [-0.2, 0) is 13.2 Å². The van der Waals surface area contributed by atoms with Crippen molar-refractivity contribution in [2.75, 3.05) is 7.05 Å². The third-order valence-electron chi connectivity index (χ3n) is 2.69. The van der Waals surface area contributed by atoms with Crippen LogP contribution in [0.3, 0.4) is 0 Å². The molecule has 82 valence electrons. The molecule has 0 saturated heterocycles. The second kappa shape index (κ2) is 3.64. The number of fused-ring (bicyclic) bond motifs is 3. The maximum absolute atomic E-state index is 5.65. The van der Waals surface area contributed by atoms with E-state index in [1.165, 1.54) is 0 Å². The van der Waals surface area contributed by atoms with E-state index in [9.17, 15) is 0 Å². The van der Waals surface area contributed by atoms with E-state index in [4.69, 9.17) is 4.74 Å². The minimum atomic E-state index is 0.572. The predicted octanol–water partition coefficient (Wildman–Crippen LogP) is 1.69. The number of ether oxygens (including phenoxy) is 1. The number of aromatic nitrogens is 2. The largest absolute Gasteiger partial charge is 0.487 e. The van der Waals surface area contributed by atoms with E-state index in [2.05, 4.69) is 15.3 Å². The van der Waals surface area contributed by atoms with Crippen molar-refractivity contribution in [1.82, 2.24) is 15.3 Å². The minimum Gasteiger partial charge on any atom is -0.487 e. The van der Waals surface area contributed by atoms with Crippen LogP contribution in [0.1, 0.15) is 11.5 Å². The Morgan fingerprint density at radius 3 is 3.19 bits per heavy atom. The first-order valence-corrected chi connectivity index (χ1v) is 5.33. The SMILES string of the molecule is CNCc1nc2c([nH]1)COc1ccccc1-2. The molecule has 1 aromatic carbocycles. The fourth-order valence-electron chi connectivity index (χ4n) is 1.98. The van der Waals surface area contributed by atoms with Gasteiger partial charge in [0.2, 0.25) is 0 Å². The van der Waals surface area contributed by atoms with E-state index in [-0.39, 0.29) is 0 Å². The van der Waals surface area contributed by atoms with Crippen molar-refractivity contribution in [3.63, 3.8) is 0 Å². The van der Waals surface area contributed by atoms with E-state index in [0.29, 0.717) is 6.61 Å². The molecule has 0 aliphatic carbocycles. The highest BCUT2D eigenvalue weighted by Crippen LogP contribution is 2.35. The summed E-state index contributed by atoms with van der Waals surface area (Å²) in [5.41, 5.74) is 3.15. The van der Waals surface area contributed by atoms with Crippen LogP contribution in [-0.4, -0.2) is 17.0 Å². The number of imidazole rings is 1. The minimum absolute atomic E-state index is 0.572. The average Bonchev–Trinajstić information content (AvgIpc) is 2.72.